The molecule has 1 unspecified atom stereocenters. The molecule has 2 saturated carbocycles. The van der Waals surface area contributed by atoms with Crippen molar-refractivity contribution in [1.82, 2.24) is 0 Å². The Balaban J connectivity index is 1.40. The van der Waals surface area contributed by atoms with Crippen LogP contribution in [0.15, 0.2) is 24.3 Å². The van der Waals surface area contributed by atoms with Crippen LogP contribution in [0.3, 0.4) is 0 Å². The number of anilines is 1. The minimum Gasteiger partial charge on any atom is -0.462 e. The van der Waals surface area contributed by atoms with Gasteiger partial charge >= 0.3 is 5.97 Å². The molecule has 3 atom stereocenters. The number of benzene rings is 1. The van der Waals surface area contributed by atoms with Crippen molar-refractivity contribution in [3.8, 4) is 0 Å². The number of amides is 1. The van der Waals surface area contributed by atoms with Crippen LogP contribution >= 0.6 is 23.5 Å². The Bertz CT molecular complexity index is 684. The Morgan fingerprint density at radius 1 is 1.11 bits per heavy atom. The third-order valence-electron chi connectivity index (χ3n) is 6.15. The highest BCUT2D eigenvalue weighted by Gasteiger charge is 2.55. The van der Waals surface area contributed by atoms with Crippen LogP contribution in [0.5, 0.6) is 0 Å². The number of hydrogen-bond acceptors (Lipinski definition) is 5. The van der Waals surface area contributed by atoms with Gasteiger partial charge < -0.3 is 10.1 Å². The van der Waals surface area contributed by atoms with Crippen LogP contribution < -0.4 is 5.32 Å². The van der Waals surface area contributed by atoms with E-state index >= 15 is 0 Å². The lowest BCUT2D eigenvalue weighted by Crippen LogP contribution is -2.48. The smallest absolute Gasteiger partial charge is 0.338 e. The van der Waals surface area contributed by atoms with Gasteiger partial charge in [0.1, 0.15) is 0 Å². The largest absolute Gasteiger partial charge is 0.462 e. The lowest BCUT2D eigenvalue weighted by Gasteiger charge is -2.52. The second kappa shape index (κ2) is 8.08. The summed E-state index contributed by atoms with van der Waals surface area (Å²) in [5.41, 5.74) is 1.27. The summed E-state index contributed by atoms with van der Waals surface area (Å²) in [7, 11) is 0. The molecule has 1 amide bonds. The third kappa shape index (κ3) is 3.75. The van der Waals surface area contributed by atoms with Crippen molar-refractivity contribution in [3.05, 3.63) is 29.8 Å². The molecular formula is C21H27NO3S2. The maximum atomic E-state index is 12.9. The summed E-state index contributed by atoms with van der Waals surface area (Å²) >= 11 is 4.34. The summed E-state index contributed by atoms with van der Waals surface area (Å²) in [4.78, 5) is 24.7. The molecule has 0 aromatic heterocycles. The minimum absolute atomic E-state index is 0.109. The first-order valence-corrected chi connectivity index (χ1v) is 12.0. The second-order valence-corrected chi connectivity index (χ2v) is 10.7. The Hall–Kier alpha value is -1.14. The topological polar surface area (TPSA) is 55.4 Å². The average molecular weight is 406 g/mol. The maximum Gasteiger partial charge on any atom is 0.338 e. The zero-order chi connectivity index (χ0) is 18.9. The minimum atomic E-state index is -0.327. The molecule has 3 fully saturated rings. The number of nitrogens with one attached hydrogen (secondary N) is 1. The fourth-order valence-corrected chi connectivity index (χ4v) is 8.91. The molecule has 2 bridgehead atoms. The average Bonchev–Trinajstić information content (AvgIpc) is 3.12. The summed E-state index contributed by atoms with van der Waals surface area (Å²) in [5, 5.41) is 3.07. The van der Waals surface area contributed by atoms with Gasteiger partial charge in [0, 0.05) is 23.1 Å². The fourth-order valence-electron chi connectivity index (χ4n) is 4.97. The first kappa shape index (κ1) is 19.2. The normalized spacial score (nSPS) is 28.7. The molecule has 4 nitrogen and oxygen atoms in total. The number of ether oxygens (including phenoxy) is 1. The number of hydrogen-bond donors (Lipinski definition) is 1. The van der Waals surface area contributed by atoms with Gasteiger partial charge in [0.05, 0.1) is 16.2 Å². The SMILES string of the molecule is CCOC(=O)c1ccc(NC(=O)C2C[C@H]3CCC[C@@H](C2)C32SCCS2)cc1. The van der Waals surface area contributed by atoms with Crippen molar-refractivity contribution in [3.63, 3.8) is 0 Å². The van der Waals surface area contributed by atoms with E-state index in [4.69, 9.17) is 4.74 Å². The van der Waals surface area contributed by atoms with Gasteiger partial charge in [-0.1, -0.05) is 6.42 Å². The van der Waals surface area contributed by atoms with Crippen molar-refractivity contribution < 1.29 is 14.3 Å². The van der Waals surface area contributed by atoms with E-state index in [1.165, 1.54) is 30.8 Å². The van der Waals surface area contributed by atoms with E-state index in [-0.39, 0.29) is 17.8 Å². The molecule has 27 heavy (non-hydrogen) atoms. The molecule has 1 aromatic rings. The van der Waals surface area contributed by atoms with Gasteiger partial charge in [-0.25, -0.2) is 4.79 Å². The van der Waals surface area contributed by atoms with Crippen LogP contribution in [0, 0.1) is 17.8 Å². The van der Waals surface area contributed by atoms with Crippen LogP contribution in [0.1, 0.15) is 49.4 Å². The first-order chi connectivity index (χ1) is 13.1. The quantitative estimate of drug-likeness (QED) is 0.729. The summed E-state index contributed by atoms with van der Waals surface area (Å²) in [6.45, 7) is 2.15. The molecule has 6 heteroatoms. The molecule has 1 aromatic carbocycles. The predicted octanol–water partition coefficient (Wildman–Crippen LogP) is 4.80. The molecular weight excluding hydrogens is 378 g/mol. The monoisotopic (exact) mass is 405 g/mol. The number of carbonyl (C=O) groups is 2. The van der Waals surface area contributed by atoms with Crippen LogP contribution in [-0.4, -0.2) is 34.1 Å². The van der Waals surface area contributed by atoms with E-state index in [0.717, 1.165) is 18.5 Å². The summed E-state index contributed by atoms with van der Waals surface area (Å²) < 4.78 is 5.40. The highest BCUT2D eigenvalue weighted by molar-refractivity contribution is 8.21. The molecule has 4 rings (SSSR count). The van der Waals surface area contributed by atoms with Gasteiger partial charge in [0.2, 0.25) is 5.91 Å². The second-order valence-electron chi connectivity index (χ2n) is 7.70. The number of carbonyl (C=O) groups excluding carboxylic acids is 2. The number of esters is 1. The molecule has 1 heterocycles. The van der Waals surface area contributed by atoms with E-state index in [9.17, 15) is 9.59 Å². The van der Waals surface area contributed by atoms with Crippen LogP contribution in [0.2, 0.25) is 0 Å². The van der Waals surface area contributed by atoms with Crippen molar-refractivity contribution >= 4 is 41.1 Å². The first-order valence-electron chi connectivity index (χ1n) is 9.98. The molecule has 2 aliphatic carbocycles. The lowest BCUT2D eigenvalue weighted by atomic mass is 9.67. The summed E-state index contributed by atoms with van der Waals surface area (Å²) in [6, 6.07) is 7.00. The standard InChI is InChI=1S/C21H27NO3S2/c1-2-25-20(24)14-6-8-18(9-7-14)22-19(23)15-12-16-4-3-5-17(13-15)21(16)26-10-11-27-21/h6-9,15-17H,2-5,10-13H2,1H3,(H,22,23)/t15?,16-,17+. The zero-order valence-electron chi connectivity index (χ0n) is 15.7. The number of thioether (sulfide) groups is 2. The van der Waals surface area contributed by atoms with Gasteiger partial charge in [-0.3, -0.25) is 4.79 Å². The van der Waals surface area contributed by atoms with Crippen molar-refractivity contribution in [1.29, 1.82) is 0 Å². The third-order valence-corrected chi connectivity index (χ3v) is 10.2. The molecule has 1 N–H and O–H groups in total. The molecule has 146 valence electrons. The van der Waals surface area contributed by atoms with Crippen LogP contribution in [0.25, 0.3) is 0 Å². The molecule has 1 saturated heterocycles. The Morgan fingerprint density at radius 3 is 2.33 bits per heavy atom. The number of rotatable bonds is 4. The lowest BCUT2D eigenvalue weighted by molar-refractivity contribution is -0.122. The fraction of sp³-hybridized carbons (Fsp3) is 0.619. The predicted molar refractivity (Wildman–Crippen MR) is 112 cm³/mol. The molecule has 1 aliphatic heterocycles. The van der Waals surface area contributed by atoms with E-state index in [1.807, 2.05) is 0 Å². The molecule has 0 radical (unpaired) electrons. The van der Waals surface area contributed by atoms with E-state index < -0.39 is 0 Å². The summed E-state index contributed by atoms with van der Waals surface area (Å²) in [6.07, 6.45) is 5.90. The van der Waals surface area contributed by atoms with Crippen LogP contribution in [-0.2, 0) is 9.53 Å². The highest BCUT2D eigenvalue weighted by atomic mass is 32.2. The van der Waals surface area contributed by atoms with Crippen LogP contribution in [0.4, 0.5) is 5.69 Å². The van der Waals surface area contributed by atoms with Gasteiger partial charge in [0.15, 0.2) is 0 Å². The Labute approximate surface area is 169 Å². The summed E-state index contributed by atoms with van der Waals surface area (Å²) in [5.74, 6) is 3.79. The maximum absolute atomic E-state index is 12.9. The van der Waals surface area contributed by atoms with Crippen molar-refractivity contribution in [2.45, 2.75) is 43.1 Å². The van der Waals surface area contributed by atoms with Gasteiger partial charge in [0.25, 0.3) is 0 Å². The van der Waals surface area contributed by atoms with Gasteiger partial charge in [-0.15, -0.1) is 23.5 Å². The van der Waals surface area contributed by atoms with Crippen molar-refractivity contribution in [2.24, 2.45) is 17.8 Å². The molecule has 1 spiro atoms. The van der Waals surface area contributed by atoms with Gasteiger partial charge in [-0.2, -0.15) is 0 Å². The van der Waals surface area contributed by atoms with E-state index in [1.54, 1.807) is 31.2 Å². The Morgan fingerprint density at radius 2 is 1.74 bits per heavy atom. The Kier molecular flexibility index (Phi) is 5.74. The van der Waals surface area contributed by atoms with Crippen molar-refractivity contribution in [2.75, 3.05) is 23.4 Å². The molecule has 3 aliphatic rings. The zero-order valence-corrected chi connectivity index (χ0v) is 17.4. The van der Waals surface area contributed by atoms with E-state index in [2.05, 4.69) is 28.8 Å². The van der Waals surface area contributed by atoms with Gasteiger partial charge in [-0.05, 0) is 68.7 Å². The highest BCUT2D eigenvalue weighted by Crippen LogP contribution is 2.64. The van der Waals surface area contributed by atoms with E-state index in [0.29, 0.717) is 28.1 Å².